The maximum atomic E-state index is 12.4. The van der Waals surface area contributed by atoms with Crippen LogP contribution in [0.2, 0.25) is 0 Å². The minimum absolute atomic E-state index is 0.132. The quantitative estimate of drug-likeness (QED) is 0.659. The van der Waals surface area contributed by atoms with Gasteiger partial charge in [0.25, 0.3) is 0 Å². The van der Waals surface area contributed by atoms with Crippen LogP contribution in [0, 0.1) is 12.8 Å². The first kappa shape index (κ1) is 18.0. The number of carbonyl (C=O) groups excluding carboxylic acids is 2. The van der Waals surface area contributed by atoms with Crippen molar-refractivity contribution < 1.29 is 14.7 Å². The van der Waals surface area contributed by atoms with E-state index in [1.165, 1.54) is 11.6 Å². The van der Waals surface area contributed by atoms with Crippen molar-refractivity contribution in [3.8, 4) is 5.75 Å². The molecule has 2 aromatic carbocycles. The molecule has 26 heavy (non-hydrogen) atoms. The first-order chi connectivity index (χ1) is 12.5. The van der Waals surface area contributed by atoms with Crippen molar-refractivity contribution in [3.05, 3.63) is 59.7 Å². The molecule has 5 nitrogen and oxygen atoms in total. The number of anilines is 1. The minimum atomic E-state index is -0.625. The van der Waals surface area contributed by atoms with Crippen LogP contribution in [0.15, 0.2) is 48.5 Å². The van der Waals surface area contributed by atoms with Crippen molar-refractivity contribution in [1.82, 2.24) is 4.90 Å². The summed E-state index contributed by atoms with van der Waals surface area (Å²) in [5.41, 5.74) is 2.57. The lowest BCUT2D eigenvalue weighted by atomic mass is 9.90. The molecule has 0 atom stereocenters. The third-order valence-electron chi connectivity index (χ3n) is 4.92. The average Bonchev–Trinajstić information content (AvgIpc) is 2.65. The van der Waals surface area contributed by atoms with Crippen LogP contribution in [0.5, 0.6) is 5.75 Å². The smallest absolute Gasteiger partial charge is 0.313 e. The van der Waals surface area contributed by atoms with Crippen molar-refractivity contribution in [2.45, 2.75) is 26.2 Å². The number of rotatable bonds is 3. The van der Waals surface area contributed by atoms with Gasteiger partial charge in [0.2, 0.25) is 0 Å². The van der Waals surface area contributed by atoms with Crippen LogP contribution in [0.4, 0.5) is 5.69 Å². The molecule has 0 aromatic heterocycles. The molecule has 0 saturated carbocycles. The van der Waals surface area contributed by atoms with Gasteiger partial charge < -0.3 is 15.3 Å². The molecule has 5 heteroatoms. The van der Waals surface area contributed by atoms with Crippen LogP contribution in [0.25, 0.3) is 0 Å². The largest absolute Gasteiger partial charge is 0.508 e. The molecule has 0 spiro atoms. The van der Waals surface area contributed by atoms with Gasteiger partial charge >= 0.3 is 11.8 Å². The molecule has 0 bridgehead atoms. The highest BCUT2D eigenvalue weighted by atomic mass is 16.3. The fourth-order valence-electron chi connectivity index (χ4n) is 3.40. The zero-order valence-corrected chi connectivity index (χ0v) is 14.9. The summed E-state index contributed by atoms with van der Waals surface area (Å²) in [6.45, 7) is 2.99. The van der Waals surface area contributed by atoms with Crippen LogP contribution in [0.1, 0.15) is 24.0 Å². The number of phenols is 1. The van der Waals surface area contributed by atoms with Gasteiger partial charge in [-0.05, 0) is 61.4 Å². The predicted molar refractivity (Wildman–Crippen MR) is 101 cm³/mol. The van der Waals surface area contributed by atoms with E-state index in [0.29, 0.717) is 30.3 Å². The molecule has 136 valence electrons. The van der Waals surface area contributed by atoms with Gasteiger partial charge in [0, 0.05) is 18.8 Å². The Morgan fingerprint density at radius 3 is 2.46 bits per heavy atom. The predicted octanol–water partition coefficient (Wildman–Crippen LogP) is 3.12. The van der Waals surface area contributed by atoms with Crippen LogP contribution in [0.3, 0.4) is 0 Å². The molecule has 3 rings (SSSR count). The van der Waals surface area contributed by atoms with Gasteiger partial charge in [0.1, 0.15) is 5.75 Å². The molecule has 2 amide bonds. The summed E-state index contributed by atoms with van der Waals surface area (Å²) in [5.74, 6) is -0.438. The lowest BCUT2D eigenvalue weighted by Gasteiger charge is -2.31. The summed E-state index contributed by atoms with van der Waals surface area (Å²) in [6, 6.07) is 15.0. The number of phenolic OH excluding ortho intramolecular Hbond substituents is 1. The number of benzene rings is 2. The number of hydrogen-bond acceptors (Lipinski definition) is 3. The number of piperidine rings is 1. The van der Waals surface area contributed by atoms with Gasteiger partial charge in [0.05, 0.1) is 0 Å². The van der Waals surface area contributed by atoms with Crippen molar-refractivity contribution in [2.75, 3.05) is 18.4 Å². The first-order valence-electron chi connectivity index (χ1n) is 8.96. The third kappa shape index (κ3) is 4.42. The summed E-state index contributed by atoms with van der Waals surface area (Å²) < 4.78 is 0. The summed E-state index contributed by atoms with van der Waals surface area (Å²) >= 11 is 0. The number of amides is 2. The Morgan fingerprint density at radius 1 is 1.12 bits per heavy atom. The summed E-state index contributed by atoms with van der Waals surface area (Å²) in [5, 5.41) is 12.1. The molecule has 1 aliphatic heterocycles. The summed E-state index contributed by atoms with van der Waals surface area (Å²) in [6.07, 6.45) is 2.83. The SMILES string of the molecule is Cc1cc(O)ccc1NC(=O)C(=O)N1CCC(Cc2ccccc2)CC1. The van der Waals surface area contributed by atoms with Crippen molar-refractivity contribution in [1.29, 1.82) is 0 Å². The second kappa shape index (κ2) is 8.04. The Labute approximate surface area is 153 Å². The Bertz CT molecular complexity index is 781. The van der Waals surface area contributed by atoms with Crippen LogP contribution < -0.4 is 5.32 Å². The van der Waals surface area contributed by atoms with E-state index in [9.17, 15) is 14.7 Å². The summed E-state index contributed by atoms with van der Waals surface area (Å²) in [4.78, 5) is 26.3. The maximum absolute atomic E-state index is 12.4. The molecule has 1 heterocycles. The number of nitrogens with zero attached hydrogens (tertiary/aromatic N) is 1. The van der Waals surface area contributed by atoms with Crippen molar-refractivity contribution in [2.24, 2.45) is 5.92 Å². The zero-order valence-electron chi connectivity index (χ0n) is 14.9. The normalized spacial score (nSPS) is 14.9. The standard InChI is InChI=1S/C21H24N2O3/c1-15-13-18(24)7-8-19(15)22-20(25)21(26)23-11-9-17(10-12-23)14-16-5-3-2-4-6-16/h2-8,13,17,24H,9-12,14H2,1H3,(H,22,25). The van der Waals surface area contributed by atoms with Crippen LogP contribution >= 0.6 is 0 Å². The van der Waals surface area contributed by atoms with E-state index < -0.39 is 11.8 Å². The number of aromatic hydroxyl groups is 1. The van der Waals surface area contributed by atoms with E-state index in [2.05, 4.69) is 17.4 Å². The van der Waals surface area contributed by atoms with Gasteiger partial charge in [-0.25, -0.2) is 0 Å². The molecule has 1 aliphatic rings. The molecule has 2 aromatic rings. The number of likely N-dealkylation sites (tertiary alicyclic amines) is 1. The molecule has 1 fully saturated rings. The highest BCUT2D eigenvalue weighted by Gasteiger charge is 2.27. The van der Waals surface area contributed by atoms with Gasteiger partial charge in [-0.1, -0.05) is 30.3 Å². The highest BCUT2D eigenvalue weighted by Crippen LogP contribution is 2.23. The monoisotopic (exact) mass is 352 g/mol. The topological polar surface area (TPSA) is 69.6 Å². The van der Waals surface area contributed by atoms with E-state index in [4.69, 9.17) is 0 Å². The second-order valence-corrected chi connectivity index (χ2v) is 6.88. The van der Waals surface area contributed by atoms with E-state index in [1.807, 2.05) is 18.2 Å². The van der Waals surface area contributed by atoms with Gasteiger partial charge in [-0.3, -0.25) is 9.59 Å². The fraction of sp³-hybridized carbons (Fsp3) is 0.333. The number of hydrogen-bond donors (Lipinski definition) is 2. The Morgan fingerprint density at radius 2 is 1.81 bits per heavy atom. The van der Waals surface area contributed by atoms with E-state index >= 15 is 0 Å². The minimum Gasteiger partial charge on any atom is -0.508 e. The number of carbonyl (C=O) groups is 2. The van der Waals surface area contributed by atoms with Gasteiger partial charge in [-0.2, -0.15) is 0 Å². The molecule has 0 radical (unpaired) electrons. The Hall–Kier alpha value is -2.82. The second-order valence-electron chi connectivity index (χ2n) is 6.88. The maximum Gasteiger partial charge on any atom is 0.313 e. The molecule has 0 aliphatic carbocycles. The van der Waals surface area contributed by atoms with Crippen LogP contribution in [-0.2, 0) is 16.0 Å². The molecular weight excluding hydrogens is 328 g/mol. The lowest BCUT2D eigenvalue weighted by molar-refractivity contribution is -0.144. The zero-order chi connectivity index (χ0) is 18.5. The Balaban J connectivity index is 1.52. The number of aryl methyl sites for hydroxylation is 1. The van der Waals surface area contributed by atoms with Crippen molar-refractivity contribution in [3.63, 3.8) is 0 Å². The van der Waals surface area contributed by atoms with E-state index in [1.54, 1.807) is 24.0 Å². The fourth-order valence-corrected chi connectivity index (χ4v) is 3.40. The molecule has 0 unspecified atom stereocenters. The van der Waals surface area contributed by atoms with Gasteiger partial charge in [0.15, 0.2) is 0 Å². The lowest BCUT2D eigenvalue weighted by Crippen LogP contribution is -2.44. The van der Waals surface area contributed by atoms with Crippen LogP contribution in [-0.4, -0.2) is 34.9 Å². The summed E-state index contributed by atoms with van der Waals surface area (Å²) in [7, 11) is 0. The van der Waals surface area contributed by atoms with E-state index in [0.717, 1.165) is 19.3 Å². The van der Waals surface area contributed by atoms with Crippen molar-refractivity contribution >= 4 is 17.5 Å². The molecule has 2 N–H and O–H groups in total. The number of nitrogens with one attached hydrogen (secondary N) is 1. The van der Waals surface area contributed by atoms with E-state index in [-0.39, 0.29) is 5.75 Å². The van der Waals surface area contributed by atoms with Gasteiger partial charge in [-0.15, -0.1) is 0 Å². The first-order valence-corrected chi connectivity index (χ1v) is 8.96. The highest BCUT2D eigenvalue weighted by molar-refractivity contribution is 6.39. The Kier molecular flexibility index (Phi) is 5.56. The third-order valence-corrected chi connectivity index (χ3v) is 4.92. The molecule has 1 saturated heterocycles. The average molecular weight is 352 g/mol. The molecular formula is C21H24N2O3.